The molecule has 0 spiro atoms. The van der Waals surface area contributed by atoms with Crippen LogP contribution in [0, 0.1) is 16.0 Å². The number of rotatable bonds is 6. The lowest BCUT2D eigenvalue weighted by molar-refractivity contribution is -0.384. The number of amides is 2. The fourth-order valence-corrected chi connectivity index (χ4v) is 3.01. The van der Waals surface area contributed by atoms with Gasteiger partial charge in [-0.3, -0.25) is 19.7 Å². The minimum Gasteiger partial charge on any atom is -0.366 e. The minimum atomic E-state index is -0.507. The van der Waals surface area contributed by atoms with Crippen molar-refractivity contribution in [1.82, 2.24) is 10.6 Å². The maximum atomic E-state index is 12.1. The highest BCUT2D eigenvalue weighted by molar-refractivity contribution is 5.97. The van der Waals surface area contributed by atoms with Gasteiger partial charge in [-0.15, -0.1) is 0 Å². The van der Waals surface area contributed by atoms with Crippen LogP contribution in [0.2, 0.25) is 0 Å². The number of carbonyl (C=O) groups is 2. The third-order valence-electron chi connectivity index (χ3n) is 4.22. The van der Waals surface area contributed by atoms with Crippen molar-refractivity contribution >= 4 is 23.2 Å². The van der Waals surface area contributed by atoms with E-state index in [9.17, 15) is 19.7 Å². The molecule has 1 saturated heterocycles. The Kier molecular flexibility index (Phi) is 6.32. The summed E-state index contributed by atoms with van der Waals surface area (Å²) < 4.78 is 0. The summed E-state index contributed by atoms with van der Waals surface area (Å²) in [4.78, 5) is 36.5. The maximum Gasteiger partial charge on any atom is 0.293 e. The summed E-state index contributed by atoms with van der Waals surface area (Å²) in [5.74, 6) is -0.328. The van der Waals surface area contributed by atoms with Crippen LogP contribution in [0.25, 0.3) is 0 Å². The van der Waals surface area contributed by atoms with Crippen molar-refractivity contribution in [2.45, 2.75) is 26.7 Å². The van der Waals surface area contributed by atoms with Crippen molar-refractivity contribution < 1.29 is 14.5 Å². The molecule has 0 aliphatic carbocycles. The van der Waals surface area contributed by atoms with Gasteiger partial charge in [-0.25, -0.2) is 0 Å². The Bertz CT molecular complexity index is 662. The standard InChI is InChI=1S/C17H24N4O4/c1-3-18-16(22)10-19-17(23)13-6-7-14(15(9-13)21(24)25)20-8-4-5-12(2)11-20/h6-7,9,12H,3-5,8,10-11H2,1-2H3,(H,18,22)(H,19,23)/t12-/m1/s1. The number of benzene rings is 1. The Labute approximate surface area is 146 Å². The van der Waals surface area contributed by atoms with Gasteiger partial charge >= 0.3 is 0 Å². The normalized spacial score (nSPS) is 17.0. The molecule has 1 heterocycles. The first-order valence-corrected chi connectivity index (χ1v) is 8.50. The van der Waals surface area contributed by atoms with Crippen LogP contribution in [0.3, 0.4) is 0 Å². The molecule has 2 rings (SSSR count). The summed E-state index contributed by atoms with van der Waals surface area (Å²) in [6, 6.07) is 4.47. The molecule has 8 heteroatoms. The van der Waals surface area contributed by atoms with Crippen molar-refractivity contribution in [3.8, 4) is 0 Å². The molecule has 25 heavy (non-hydrogen) atoms. The first-order valence-electron chi connectivity index (χ1n) is 8.50. The lowest BCUT2D eigenvalue weighted by Crippen LogP contribution is -2.37. The minimum absolute atomic E-state index is 0.0836. The smallest absolute Gasteiger partial charge is 0.293 e. The molecular formula is C17H24N4O4. The zero-order chi connectivity index (χ0) is 18.4. The largest absolute Gasteiger partial charge is 0.366 e. The van der Waals surface area contributed by atoms with E-state index in [0.717, 1.165) is 25.9 Å². The molecule has 2 amide bonds. The Hall–Kier alpha value is -2.64. The molecule has 0 saturated carbocycles. The van der Waals surface area contributed by atoms with Crippen molar-refractivity contribution in [3.63, 3.8) is 0 Å². The molecule has 1 aromatic rings. The van der Waals surface area contributed by atoms with Gasteiger partial charge in [0.1, 0.15) is 5.69 Å². The second-order valence-corrected chi connectivity index (χ2v) is 6.29. The van der Waals surface area contributed by atoms with Crippen LogP contribution in [0.15, 0.2) is 18.2 Å². The van der Waals surface area contributed by atoms with Gasteiger partial charge < -0.3 is 15.5 Å². The molecule has 0 aromatic heterocycles. The predicted molar refractivity (Wildman–Crippen MR) is 94.7 cm³/mol. The molecule has 136 valence electrons. The van der Waals surface area contributed by atoms with E-state index in [-0.39, 0.29) is 23.7 Å². The van der Waals surface area contributed by atoms with Crippen molar-refractivity contribution in [1.29, 1.82) is 0 Å². The summed E-state index contributed by atoms with van der Waals surface area (Å²) in [6.07, 6.45) is 2.11. The molecule has 2 N–H and O–H groups in total. The zero-order valence-electron chi connectivity index (χ0n) is 14.6. The Balaban J connectivity index is 2.16. The van der Waals surface area contributed by atoms with E-state index < -0.39 is 10.8 Å². The van der Waals surface area contributed by atoms with E-state index in [4.69, 9.17) is 0 Å². The van der Waals surface area contributed by atoms with Crippen molar-refractivity contribution in [2.24, 2.45) is 5.92 Å². The molecular weight excluding hydrogens is 324 g/mol. The van der Waals surface area contributed by atoms with Crippen molar-refractivity contribution in [3.05, 3.63) is 33.9 Å². The summed E-state index contributed by atoms with van der Waals surface area (Å²) in [7, 11) is 0. The van der Waals surface area contributed by atoms with Crippen LogP contribution in [0.1, 0.15) is 37.0 Å². The number of piperidine rings is 1. The molecule has 1 fully saturated rings. The average molecular weight is 348 g/mol. The number of nitrogens with one attached hydrogen (secondary N) is 2. The number of anilines is 1. The van der Waals surface area contributed by atoms with Crippen molar-refractivity contribution in [2.75, 3.05) is 31.1 Å². The maximum absolute atomic E-state index is 12.1. The van der Waals surface area contributed by atoms with Crippen LogP contribution < -0.4 is 15.5 Å². The first kappa shape index (κ1) is 18.7. The number of nitro benzene ring substituents is 1. The molecule has 1 aliphatic rings. The average Bonchev–Trinajstić information content (AvgIpc) is 2.59. The lowest BCUT2D eigenvalue weighted by Gasteiger charge is -2.32. The highest BCUT2D eigenvalue weighted by Gasteiger charge is 2.25. The van der Waals surface area contributed by atoms with Gasteiger partial charge in [0.05, 0.1) is 11.5 Å². The predicted octanol–water partition coefficient (Wildman–Crippen LogP) is 1.70. The van der Waals surface area contributed by atoms with E-state index in [1.165, 1.54) is 6.07 Å². The van der Waals surface area contributed by atoms with Gasteiger partial charge in [0.25, 0.3) is 11.6 Å². The third kappa shape index (κ3) is 4.91. The lowest BCUT2D eigenvalue weighted by atomic mass is 9.99. The molecule has 0 bridgehead atoms. The number of nitrogens with zero attached hydrogens (tertiary/aromatic N) is 2. The zero-order valence-corrected chi connectivity index (χ0v) is 14.6. The van der Waals surface area contributed by atoms with E-state index in [1.54, 1.807) is 19.1 Å². The number of hydrogen-bond acceptors (Lipinski definition) is 5. The van der Waals surface area contributed by atoms with Crippen LogP contribution >= 0.6 is 0 Å². The quantitative estimate of drug-likeness (QED) is 0.601. The highest BCUT2D eigenvalue weighted by Crippen LogP contribution is 2.32. The van der Waals surface area contributed by atoms with Gasteiger partial charge in [0.15, 0.2) is 0 Å². The fraction of sp³-hybridized carbons (Fsp3) is 0.529. The summed E-state index contributed by atoms with van der Waals surface area (Å²) in [6.45, 7) is 5.76. The van der Waals surface area contributed by atoms with E-state index in [0.29, 0.717) is 18.2 Å². The second-order valence-electron chi connectivity index (χ2n) is 6.29. The SMILES string of the molecule is CCNC(=O)CNC(=O)c1ccc(N2CCC[C@@H](C)C2)c([N+](=O)[O-])c1. The Morgan fingerprint density at radius 1 is 1.36 bits per heavy atom. The van der Waals surface area contributed by atoms with Crippen LogP contribution in [-0.4, -0.2) is 42.9 Å². The van der Waals surface area contributed by atoms with E-state index in [1.807, 2.05) is 4.90 Å². The van der Waals surface area contributed by atoms with Gasteiger partial charge in [0.2, 0.25) is 5.91 Å². The molecule has 1 atom stereocenters. The van der Waals surface area contributed by atoms with Crippen LogP contribution in [0.4, 0.5) is 11.4 Å². The second kappa shape index (κ2) is 8.46. The number of likely N-dealkylation sites (N-methyl/N-ethyl adjacent to an activating group) is 1. The van der Waals surface area contributed by atoms with Crippen LogP contribution in [0.5, 0.6) is 0 Å². The van der Waals surface area contributed by atoms with Gasteiger partial charge in [-0.1, -0.05) is 6.92 Å². The Morgan fingerprint density at radius 3 is 2.76 bits per heavy atom. The third-order valence-corrected chi connectivity index (χ3v) is 4.22. The highest BCUT2D eigenvalue weighted by atomic mass is 16.6. The monoisotopic (exact) mass is 348 g/mol. The van der Waals surface area contributed by atoms with Gasteiger partial charge in [-0.2, -0.15) is 0 Å². The topological polar surface area (TPSA) is 105 Å². The summed E-state index contributed by atoms with van der Waals surface area (Å²) in [5, 5.41) is 16.5. The molecule has 0 radical (unpaired) electrons. The van der Waals surface area contributed by atoms with E-state index in [2.05, 4.69) is 17.6 Å². The summed E-state index contributed by atoms with van der Waals surface area (Å²) in [5.41, 5.74) is 0.626. The number of nitro groups is 1. The van der Waals surface area contributed by atoms with Gasteiger partial charge in [-0.05, 0) is 37.8 Å². The fourth-order valence-electron chi connectivity index (χ4n) is 3.01. The van der Waals surface area contributed by atoms with E-state index >= 15 is 0 Å². The number of carbonyl (C=O) groups excluding carboxylic acids is 2. The molecule has 1 aliphatic heterocycles. The first-order chi connectivity index (χ1) is 11.9. The molecule has 0 unspecified atom stereocenters. The van der Waals surface area contributed by atoms with Gasteiger partial charge in [0, 0.05) is 31.3 Å². The molecule has 8 nitrogen and oxygen atoms in total. The number of hydrogen-bond donors (Lipinski definition) is 2. The van der Waals surface area contributed by atoms with Crippen LogP contribution in [-0.2, 0) is 4.79 Å². The molecule has 1 aromatic carbocycles. The Morgan fingerprint density at radius 2 is 2.12 bits per heavy atom. The summed E-state index contributed by atoms with van der Waals surface area (Å²) >= 11 is 0.